The van der Waals surface area contributed by atoms with Gasteiger partial charge in [-0.15, -0.1) is 0 Å². The molecule has 0 radical (unpaired) electrons. The number of rotatable bonds is 5. The maximum absolute atomic E-state index is 12.4. The molecule has 0 aliphatic carbocycles. The number of carbonyl (C=O) groups is 2. The van der Waals surface area contributed by atoms with Gasteiger partial charge in [-0.3, -0.25) is 9.20 Å². The summed E-state index contributed by atoms with van der Waals surface area (Å²) in [4.78, 5) is 28.3. The summed E-state index contributed by atoms with van der Waals surface area (Å²) in [5, 5.41) is 5.78. The second-order valence-corrected chi connectivity index (χ2v) is 6.60. The van der Waals surface area contributed by atoms with Crippen LogP contribution in [0.4, 0.5) is 10.5 Å². The van der Waals surface area contributed by atoms with Crippen molar-refractivity contribution >= 4 is 40.8 Å². The van der Waals surface area contributed by atoms with Crippen LogP contribution in [0.15, 0.2) is 54.7 Å². The molecule has 2 heterocycles. The molecule has 3 rings (SSSR count). The van der Waals surface area contributed by atoms with E-state index in [4.69, 9.17) is 11.6 Å². The van der Waals surface area contributed by atoms with E-state index in [1.54, 1.807) is 30.3 Å². The van der Waals surface area contributed by atoms with Gasteiger partial charge in [-0.1, -0.05) is 17.7 Å². The monoisotopic (exact) mass is 382 g/mol. The van der Waals surface area contributed by atoms with Crippen molar-refractivity contribution < 1.29 is 9.59 Å². The average Bonchev–Trinajstić information content (AvgIpc) is 2.94. The number of benzene rings is 1. The van der Waals surface area contributed by atoms with Gasteiger partial charge < -0.3 is 10.6 Å². The lowest BCUT2D eigenvalue weighted by atomic mass is 10.1. The zero-order valence-electron chi connectivity index (χ0n) is 14.9. The minimum atomic E-state index is -0.286. The average molecular weight is 383 g/mol. The predicted molar refractivity (Wildman–Crippen MR) is 107 cm³/mol. The summed E-state index contributed by atoms with van der Waals surface area (Å²) in [6.45, 7) is 3.76. The van der Waals surface area contributed by atoms with Crippen LogP contribution in [0.5, 0.6) is 0 Å². The van der Waals surface area contributed by atoms with Crippen molar-refractivity contribution in [3.63, 3.8) is 0 Å². The summed E-state index contributed by atoms with van der Waals surface area (Å²) in [7, 11) is 0. The molecule has 2 N–H and O–H groups in total. The molecule has 0 unspecified atom stereocenters. The molecule has 2 aromatic heterocycles. The number of aromatic nitrogens is 2. The lowest BCUT2D eigenvalue weighted by Gasteiger charge is -2.10. The molecule has 0 bridgehead atoms. The molecule has 0 spiro atoms. The largest absolute Gasteiger partial charge is 0.336 e. The summed E-state index contributed by atoms with van der Waals surface area (Å²) in [6.07, 6.45) is 4.93. The topological polar surface area (TPSA) is 75.5 Å². The molecule has 0 aliphatic heterocycles. The second-order valence-electron chi connectivity index (χ2n) is 6.24. The van der Waals surface area contributed by atoms with Gasteiger partial charge in [-0.05, 0) is 62.4 Å². The Hall–Kier alpha value is -3.12. The van der Waals surface area contributed by atoms with Gasteiger partial charge in [0.1, 0.15) is 5.65 Å². The first-order chi connectivity index (χ1) is 12.9. The summed E-state index contributed by atoms with van der Waals surface area (Å²) in [5.41, 5.74) is 2.47. The standard InChI is InChI=1S/C20H19ClN4O2/c1-13(2)22-20(27)23-15-8-6-14(7-9-15)17(26)11-10-16-19(21)24-18-5-3-4-12-25(16)18/h3-13H,1-2H3,(H2,22,23,27)/b11-10+. The number of carbonyl (C=O) groups excluding carboxylic acids is 2. The maximum atomic E-state index is 12.4. The van der Waals surface area contributed by atoms with Crippen molar-refractivity contribution in [1.82, 2.24) is 14.7 Å². The van der Waals surface area contributed by atoms with Crippen molar-refractivity contribution in [2.45, 2.75) is 19.9 Å². The van der Waals surface area contributed by atoms with Gasteiger partial charge in [-0.25, -0.2) is 9.78 Å². The van der Waals surface area contributed by atoms with Crippen LogP contribution in [0.25, 0.3) is 11.7 Å². The van der Waals surface area contributed by atoms with E-state index in [1.807, 2.05) is 42.6 Å². The second kappa shape index (κ2) is 8.05. The van der Waals surface area contributed by atoms with Crippen LogP contribution < -0.4 is 10.6 Å². The Kier molecular flexibility index (Phi) is 5.57. The Labute approximate surface area is 161 Å². The molecule has 2 amide bonds. The molecule has 7 heteroatoms. The van der Waals surface area contributed by atoms with Crippen LogP contribution in [-0.4, -0.2) is 27.2 Å². The van der Waals surface area contributed by atoms with E-state index in [0.717, 1.165) is 0 Å². The lowest BCUT2D eigenvalue weighted by molar-refractivity contribution is 0.104. The van der Waals surface area contributed by atoms with Crippen LogP contribution in [0.1, 0.15) is 29.9 Å². The smallest absolute Gasteiger partial charge is 0.319 e. The minimum Gasteiger partial charge on any atom is -0.336 e. The molecular formula is C20H19ClN4O2. The van der Waals surface area contributed by atoms with Crippen molar-refractivity contribution in [3.8, 4) is 0 Å². The van der Waals surface area contributed by atoms with Gasteiger partial charge in [0, 0.05) is 23.5 Å². The summed E-state index contributed by atoms with van der Waals surface area (Å²) < 4.78 is 1.81. The van der Waals surface area contributed by atoms with Crippen LogP contribution in [0.3, 0.4) is 0 Å². The summed E-state index contributed by atoms with van der Waals surface area (Å²) >= 11 is 6.16. The minimum absolute atomic E-state index is 0.0439. The van der Waals surface area contributed by atoms with E-state index in [2.05, 4.69) is 15.6 Å². The molecule has 6 nitrogen and oxygen atoms in total. The molecule has 0 saturated heterocycles. The highest BCUT2D eigenvalue weighted by molar-refractivity contribution is 6.31. The van der Waals surface area contributed by atoms with Gasteiger partial charge in [0.15, 0.2) is 10.9 Å². The number of amides is 2. The predicted octanol–water partition coefficient (Wildman–Crippen LogP) is 4.41. The molecule has 0 saturated carbocycles. The van der Waals surface area contributed by atoms with Crippen LogP contribution in [-0.2, 0) is 0 Å². The highest BCUT2D eigenvalue weighted by Crippen LogP contribution is 2.19. The summed E-state index contributed by atoms with van der Waals surface area (Å²) in [5.74, 6) is -0.171. The molecule has 27 heavy (non-hydrogen) atoms. The number of hydrogen-bond acceptors (Lipinski definition) is 3. The molecule has 0 fully saturated rings. The molecule has 1 aromatic carbocycles. The van der Waals surface area contributed by atoms with Gasteiger partial charge in [0.25, 0.3) is 0 Å². The van der Waals surface area contributed by atoms with Crippen molar-refractivity contribution in [1.29, 1.82) is 0 Å². The molecule has 0 atom stereocenters. The highest BCUT2D eigenvalue weighted by Gasteiger charge is 2.09. The van der Waals surface area contributed by atoms with Crippen LogP contribution in [0, 0.1) is 0 Å². The number of anilines is 1. The number of ketones is 1. The Bertz CT molecular complexity index is 1010. The Morgan fingerprint density at radius 2 is 1.89 bits per heavy atom. The maximum Gasteiger partial charge on any atom is 0.319 e. The highest BCUT2D eigenvalue weighted by atomic mass is 35.5. The fourth-order valence-electron chi connectivity index (χ4n) is 2.53. The Balaban J connectivity index is 1.71. The number of halogens is 1. The first kappa shape index (κ1) is 18.7. The number of allylic oxidation sites excluding steroid dienone is 1. The quantitative estimate of drug-likeness (QED) is 0.506. The molecule has 0 aliphatic rings. The Morgan fingerprint density at radius 1 is 1.15 bits per heavy atom. The van der Waals surface area contributed by atoms with Gasteiger partial charge >= 0.3 is 6.03 Å². The fraction of sp³-hybridized carbons (Fsp3) is 0.150. The van der Waals surface area contributed by atoms with Gasteiger partial charge in [0.2, 0.25) is 0 Å². The van der Waals surface area contributed by atoms with Gasteiger partial charge in [0.05, 0.1) is 5.69 Å². The fourth-order valence-corrected chi connectivity index (χ4v) is 2.77. The number of imidazole rings is 1. The third-order valence-electron chi connectivity index (χ3n) is 3.76. The van der Waals surface area contributed by atoms with Crippen molar-refractivity contribution in [2.75, 3.05) is 5.32 Å². The van der Waals surface area contributed by atoms with E-state index in [9.17, 15) is 9.59 Å². The molecular weight excluding hydrogens is 364 g/mol. The third kappa shape index (κ3) is 4.54. The van der Waals surface area contributed by atoms with Crippen molar-refractivity contribution in [3.05, 3.63) is 71.1 Å². The van der Waals surface area contributed by atoms with Crippen molar-refractivity contribution in [2.24, 2.45) is 0 Å². The first-order valence-electron chi connectivity index (χ1n) is 8.46. The SMILES string of the molecule is CC(C)NC(=O)Nc1ccc(C(=O)/C=C/c2c(Cl)nc3ccccn23)cc1. The lowest BCUT2D eigenvalue weighted by Crippen LogP contribution is -2.34. The van der Waals surface area contributed by atoms with E-state index >= 15 is 0 Å². The number of nitrogens with zero attached hydrogens (tertiary/aromatic N) is 2. The van der Waals surface area contributed by atoms with E-state index < -0.39 is 0 Å². The number of nitrogens with one attached hydrogen (secondary N) is 2. The third-order valence-corrected chi connectivity index (χ3v) is 4.04. The zero-order chi connectivity index (χ0) is 19.4. The van der Waals surface area contributed by atoms with Crippen LogP contribution >= 0.6 is 11.6 Å². The first-order valence-corrected chi connectivity index (χ1v) is 8.84. The van der Waals surface area contributed by atoms with Crippen LogP contribution in [0.2, 0.25) is 5.15 Å². The zero-order valence-corrected chi connectivity index (χ0v) is 15.7. The summed E-state index contributed by atoms with van der Waals surface area (Å²) in [6, 6.07) is 12.0. The van der Waals surface area contributed by atoms with E-state index in [0.29, 0.717) is 27.7 Å². The Morgan fingerprint density at radius 3 is 2.59 bits per heavy atom. The van der Waals surface area contributed by atoms with Gasteiger partial charge in [-0.2, -0.15) is 0 Å². The number of fused-ring (bicyclic) bond motifs is 1. The molecule has 138 valence electrons. The number of pyridine rings is 1. The molecule has 3 aromatic rings. The number of urea groups is 1. The van der Waals surface area contributed by atoms with E-state index in [-0.39, 0.29) is 17.9 Å². The normalized spacial score (nSPS) is 11.3. The number of hydrogen-bond donors (Lipinski definition) is 2. The van der Waals surface area contributed by atoms with E-state index in [1.165, 1.54) is 6.08 Å².